The first kappa shape index (κ1) is 91.5. The van der Waals surface area contributed by atoms with Crippen LogP contribution in [0.1, 0.15) is 69.1 Å². The number of aromatic carboxylic acids is 1. The van der Waals surface area contributed by atoms with Gasteiger partial charge in [-0.05, 0) is 166 Å². The number of carboxylic acid groups (broad SMARTS) is 1. The highest BCUT2D eigenvalue weighted by atomic mass is 32.2. The van der Waals surface area contributed by atoms with Gasteiger partial charge in [-0.25, -0.2) is 38.1 Å². The number of anilines is 26. The highest BCUT2D eigenvalue weighted by Gasteiger charge is 2.37. The minimum absolute atomic E-state index is 0.00764. The normalized spacial score (nSPS) is 13.2. The van der Waals surface area contributed by atoms with Crippen LogP contribution in [0.3, 0.4) is 0 Å². The summed E-state index contributed by atoms with van der Waals surface area (Å²) in [6, 6.07) is 41.8. The number of nitrogens with two attached hydrogens (primary N) is 1. The van der Waals surface area contributed by atoms with E-state index in [9.17, 15) is 57.2 Å². The SMILES string of the molecule is CN1C(=O)c2sccc2N(C)c2nc(Nc3ccc(C(=O)O)cc3)ncc21.CN1C(=O)c2sccc2N(C)c2nc(Nc3ccc(C(N)=O)cc3)ncc21.CN1C(=O)c2sccc2N(C)c2nc(Nc3ccc(NS(C)(=O)=O)cc3)ncc21.CN1C(=O)c2sccc2N(C)c2nc(Nc3ccc(O)cc3)ncc21.CN1C(=O)c2sccc2N(C)c2nc(Nc3ccc([N+](=O)[O-])cc3)ncc21. The first-order chi connectivity index (χ1) is 64.6. The van der Waals surface area contributed by atoms with Gasteiger partial charge in [-0.15, -0.1) is 56.7 Å². The number of carbonyl (C=O) groups excluding carboxylic acids is 6. The summed E-state index contributed by atoms with van der Waals surface area (Å²) in [5.41, 5.74) is 16.9. The molecule has 41 nitrogen and oxygen atoms in total. The third kappa shape index (κ3) is 19.1. The maximum Gasteiger partial charge on any atom is 0.335 e. The van der Waals surface area contributed by atoms with Crippen molar-refractivity contribution in [1.82, 2.24) is 49.8 Å². The Morgan fingerprint density at radius 2 is 0.563 bits per heavy atom. The number of carboxylic acids is 1. The van der Waals surface area contributed by atoms with Crippen LogP contribution in [0.5, 0.6) is 5.75 Å². The minimum atomic E-state index is -3.33. The molecule has 0 aliphatic carbocycles. The summed E-state index contributed by atoms with van der Waals surface area (Å²) in [5.74, 6) is 3.15. The number of fused-ring (bicyclic) bond motifs is 10. The Kier molecular flexibility index (Phi) is 25.8. The maximum atomic E-state index is 12.7. The number of amides is 6. The van der Waals surface area contributed by atoms with Gasteiger partial charge in [0, 0.05) is 122 Å². The molecule has 0 saturated heterocycles. The molecule has 0 atom stereocenters. The lowest BCUT2D eigenvalue weighted by Gasteiger charge is -2.20. The predicted molar refractivity (Wildman–Crippen MR) is 527 cm³/mol. The van der Waals surface area contributed by atoms with Crippen LogP contribution >= 0.6 is 56.7 Å². The van der Waals surface area contributed by atoms with E-state index in [1.54, 1.807) is 183 Å². The number of phenols is 1. The quantitative estimate of drug-likeness (QED) is 0.0261. The van der Waals surface area contributed by atoms with Gasteiger partial charge in [0.25, 0.3) is 35.2 Å². The number of benzene rings is 5. The summed E-state index contributed by atoms with van der Waals surface area (Å²) >= 11 is 6.98. The van der Waals surface area contributed by atoms with Gasteiger partial charge in [0.15, 0.2) is 29.1 Å². The Morgan fingerprint density at radius 1 is 0.341 bits per heavy atom. The number of nitro benzene ring substituents is 1. The number of rotatable bonds is 15. The number of aromatic hydroxyl groups is 1. The number of hydrogen-bond acceptors (Lipinski definition) is 37. The van der Waals surface area contributed by atoms with E-state index in [4.69, 9.17) is 10.8 Å². The molecule has 10 aromatic heterocycles. The van der Waals surface area contributed by atoms with Crippen LogP contribution in [0.25, 0.3) is 0 Å². The largest absolute Gasteiger partial charge is 0.508 e. The van der Waals surface area contributed by atoms with E-state index in [0.29, 0.717) is 140 Å². The molecule has 0 radical (unpaired) electrons. The molecule has 0 bridgehead atoms. The molecule has 0 unspecified atom stereocenters. The van der Waals surface area contributed by atoms with E-state index in [2.05, 4.69) is 81.1 Å². The molecule has 5 aliphatic rings. The average molecular weight is 1930 g/mol. The molecule has 5 aliphatic heterocycles. The summed E-state index contributed by atoms with van der Waals surface area (Å²) in [7, 11) is 14.5. The fourth-order valence-electron chi connectivity index (χ4n) is 14.2. The van der Waals surface area contributed by atoms with Gasteiger partial charge in [-0.1, -0.05) is 0 Å². The van der Waals surface area contributed by atoms with Crippen molar-refractivity contribution in [2.45, 2.75) is 0 Å². The zero-order chi connectivity index (χ0) is 95.7. The van der Waals surface area contributed by atoms with Crippen LogP contribution in [0.2, 0.25) is 0 Å². The van der Waals surface area contributed by atoms with Crippen molar-refractivity contribution in [3.63, 3.8) is 0 Å². The van der Waals surface area contributed by atoms with Crippen LogP contribution in [-0.4, -0.2) is 192 Å². The van der Waals surface area contributed by atoms with Gasteiger partial charge in [0.2, 0.25) is 45.7 Å². The number of carbonyl (C=O) groups is 7. The number of nitrogens with zero attached hydrogens (tertiary/aromatic N) is 21. The highest BCUT2D eigenvalue weighted by molar-refractivity contribution is 7.92. The second kappa shape index (κ2) is 38.0. The first-order valence-electron chi connectivity index (χ1n) is 40.1. The fourth-order valence-corrected chi connectivity index (χ4v) is 19.2. The van der Waals surface area contributed by atoms with Gasteiger partial charge >= 0.3 is 5.97 Å². The van der Waals surface area contributed by atoms with Crippen molar-refractivity contribution in [3.05, 3.63) is 255 Å². The maximum absolute atomic E-state index is 12.7. The zero-order valence-electron chi connectivity index (χ0n) is 73.0. The molecule has 10 N–H and O–H groups in total. The summed E-state index contributed by atoms with van der Waals surface area (Å²) < 4.78 is 25.0. The summed E-state index contributed by atoms with van der Waals surface area (Å²) in [5, 5.41) is 53.9. The number of primary amides is 1. The second-order valence-corrected chi connectivity index (χ2v) is 36.4. The molecule has 135 heavy (non-hydrogen) atoms. The third-order valence-electron chi connectivity index (χ3n) is 21.4. The fraction of sp³-hybridized carbons (Fsp3) is 0.125. The number of phenolic OH excluding ortho intramolecular Hbond substituents is 1. The monoisotopic (exact) mass is 1930 g/mol. The number of sulfonamides is 1. The Morgan fingerprint density at radius 3 is 0.793 bits per heavy atom. The minimum Gasteiger partial charge on any atom is -0.508 e. The van der Waals surface area contributed by atoms with E-state index in [1.807, 2.05) is 117 Å². The summed E-state index contributed by atoms with van der Waals surface area (Å²) in [6.07, 6.45) is 9.14. The van der Waals surface area contributed by atoms with E-state index in [1.165, 1.54) is 85.8 Å². The summed E-state index contributed by atoms with van der Waals surface area (Å²) in [4.78, 5) is 161. The molecular weight excluding hydrogens is 1850 g/mol. The van der Waals surface area contributed by atoms with Crippen molar-refractivity contribution < 1.29 is 57.1 Å². The average Bonchev–Trinajstić information content (AvgIpc) is 1.83. The Bertz CT molecular complexity index is 6870. The molecule has 5 aromatic carbocycles. The first-order valence-corrected chi connectivity index (χ1v) is 46.4. The number of nitrogens with one attached hydrogen (secondary N) is 6. The van der Waals surface area contributed by atoms with Crippen molar-refractivity contribution in [2.75, 3.05) is 157 Å². The smallest absolute Gasteiger partial charge is 0.335 e. The van der Waals surface area contributed by atoms with Gasteiger partial charge in [-0.3, -0.25) is 43.6 Å². The van der Waals surface area contributed by atoms with Gasteiger partial charge in [0.1, 0.15) is 58.6 Å². The van der Waals surface area contributed by atoms with Crippen LogP contribution in [0.15, 0.2) is 210 Å². The topological polar surface area (TPSA) is 497 Å². The van der Waals surface area contributed by atoms with Gasteiger partial charge in [-0.2, -0.15) is 24.9 Å². The van der Waals surface area contributed by atoms with E-state index < -0.39 is 26.8 Å². The number of thiophene rings is 5. The van der Waals surface area contributed by atoms with Gasteiger partial charge in [0.05, 0.1) is 76.2 Å². The van der Waals surface area contributed by atoms with Crippen LogP contribution in [-0.2, 0) is 10.0 Å². The number of non-ortho nitro benzene ring substituents is 1. The lowest BCUT2D eigenvalue weighted by molar-refractivity contribution is -0.384. The van der Waals surface area contributed by atoms with E-state index in [-0.39, 0.29) is 46.5 Å². The van der Waals surface area contributed by atoms with Crippen LogP contribution in [0.4, 0.5) is 156 Å². The summed E-state index contributed by atoms with van der Waals surface area (Å²) in [6.45, 7) is 0. The molecule has 684 valence electrons. The lowest BCUT2D eigenvalue weighted by atomic mass is 10.2. The predicted octanol–water partition coefficient (Wildman–Crippen LogP) is 16.0. The molecule has 15 aromatic rings. The number of hydrogen-bond donors (Lipinski definition) is 9. The van der Waals surface area contributed by atoms with Gasteiger partial charge < -0.3 is 91.5 Å². The lowest BCUT2D eigenvalue weighted by Crippen LogP contribution is -2.25. The van der Waals surface area contributed by atoms with Crippen molar-refractivity contribution >= 4 is 264 Å². The zero-order valence-corrected chi connectivity index (χ0v) is 77.9. The third-order valence-corrected chi connectivity index (χ3v) is 26.4. The molecule has 0 saturated carbocycles. The Balaban J connectivity index is 0.000000123. The standard InChI is InChI=1S/C18H18N6O3S2.C18H16N6O2S.C18H15N5O3S.C17H14N6O3S.C17H15N5O2S/c1-23-13-8-9-28-15(13)17(25)24(2)14-10-19-18(21-16(14)23)20-11-4-6-12(7-5-11)22-29(3,26)27;1-23-12-7-8-27-14(12)17(26)24(2)13-9-20-18(22-16(13)23)21-11-5-3-10(4-6-11)15(19)25;1-22-12-7-8-27-14(12)16(24)23(2)13-9-19-18(21-15(13)22)20-11-5-3-10(4-6-11)17(25)26;1-21-12-7-8-27-14(12)16(24)22(2)13-9-18-17(20-15(13)21)19-10-3-5-11(6-4-10)23(25)26;1-21-12-7-8-25-14(12)16(24)22(2)13-9-18-17(20-15(13)21)19-10-3-5-11(23)6-4-10/h4-10,22H,1-3H3,(H,19,20,21);3-9H,1-2H3,(H2,19,25)(H,20,21,22);3-9H,1-2H3,(H,25,26)(H,19,20,21);3-9H,1-2H3,(H,18,19,20);3-9,23H,1-2H3,(H,18,19,20). The molecule has 6 amide bonds. The van der Waals surface area contributed by atoms with Crippen LogP contribution in [0, 0.1) is 10.1 Å². The number of nitro groups is 1. The molecule has 0 spiro atoms. The van der Waals surface area contributed by atoms with E-state index >= 15 is 0 Å². The molecule has 0 fully saturated rings. The Labute approximate surface area is 789 Å². The van der Waals surface area contributed by atoms with Crippen LogP contribution < -0.4 is 86.0 Å². The molecule has 15 heterocycles. The Hall–Kier alpha value is -16.8. The number of aromatic nitrogens is 10. The highest BCUT2D eigenvalue weighted by Crippen LogP contribution is 2.47. The molecule has 20 rings (SSSR count). The van der Waals surface area contributed by atoms with Crippen molar-refractivity contribution in [1.29, 1.82) is 0 Å². The molecule has 47 heteroatoms. The second-order valence-electron chi connectivity index (χ2n) is 30.1. The van der Waals surface area contributed by atoms with Crippen molar-refractivity contribution in [2.24, 2.45) is 5.73 Å². The molecular formula is C88H78N28O13S6. The van der Waals surface area contributed by atoms with Crippen molar-refractivity contribution in [3.8, 4) is 5.75 Å². The van der Waals surface area contributed by atoms with E-state index in [0.717, 1.165) is 46.1 Å².